The van der Waals surface area contributed by atoms with E-state index in [1.165, 1.54) is 6.42 Å². The predicted molar refractivity (Wildman–Crippen MR) is 84.5 cm³/mol. The molecule has 3 rings (SSSR count). The van der Waals surface area contributed by atoms with Crippen LogP contribution in [0.4, 0.5) is 0 Å². The normalized spacial score (nSPS) is 18.6. The van der Waals surface area contributed by atoms with Gasteiger partial charge in [-0.1, -0.05) is 13.8 Å². The summed E-state index contributed by atoms with van der Waals surface area (Å²) in [7, 11) is 1.78. The topological polar surface area (TPSA) is 92.6 Å². The lowest BCUT2D eigenvalue weighted by Crippen LogP contribution is -2.45. The average molecular weight is 317 g/mol. The molecule has 1 unspecified atom stereocenters. The molecular formula is C15H23N7O. The van der Waals surface area contributed by atoms with Crippen molar-refractivity contribution in [1.82, 2.24) is 35.3 Å². The second-order valence-corrected chi connectivity index (χ2v) is 6.54. The van der Waals surface area contributed by atoms with Crippen molar-refractivity contribution >= 4 is 5.91 Å². The van der Waals surface area contributed by atoms with Crippen molar-refractivity contribution in [2.45, 2.75) is 45.6 Å². The number of carbonyl (C=O) groups is 1. The molecule has 8 nitrogen and oxygen atoms in total. The third-order valence-corrected chi connectivity index (χ3v) is 4.36. The van der Waals surface area contributed by atoms with Gasteiger partial charge in [0.2, 0.25) is 5.82 Å². The number of amides is 1. The summed E-state index contributed by atoms with van der Waals surface area (Å²) in [6.07, 6.45) is 5.96. The Kier molecular flexibility index (Phi) is 4.40. The van der Waals surface area contributed by atoms with E-state index in [-0.39, 0.29) is 5.91 Å². The predicted octanol–water partition coefficient (Wildman–Crippen LogP) is 1.64. The maximum atomic E-state index is 13.2. The third kappa shape index (κ3) is 3.11. The first-order valence-corrected chi connectivity index (χ1v) is 8.14. The van der Waals surface area contributed by atoms with Crippen molar-refractivity contribution < 1.29 is 4.79 Å². The van der Waals surface area contributed by atoms with Crippen molar-refractivity contribution in [1.29, 1.82) is 0 Å². The number of piperidine rings is 1. The zero-order chi connectivity index (χ0) is 16.4. The van der Waals surface area contributed by atoms with E-state index >= 15 is 0 Å². The minimum absolute atomic E-state index is 0.00940. The largest absolute Gasteiger partial charge is 0.334 e. The van der Waals surface area contributed by atoms with Crippen LogP contribution in [0.5, 0.6) is 0 Å². The van der Waals surface area contributed by atoms with Crippen LogP contribution in [0.1, 0.15) is 50.0 Å². The fourth-order valence-electron chi connectivity index (χ4n) is 3.32. The van der Waals surface area contributed by atoms with Crippen LogP contribution in [0.2, 0.25) is 0 Å². The molecule has 0 aliphatic carbocycles. The molecule has 23 heavy (non-hydrogen) atoms. The summed E-state index contributed by atoms with van der Waals surface area (Å²) in [5.74, 6) is 0.977. The third-order valence-electron chi connectivity index (χ3n) is 4.36. The number of hydrogen-bond acceptors (Lipinski definition) is 5. The Morgan fingerprint density at radius 1 is 1.43 bits per heavy atom. The number of aryl methyl sites for hydroxylation is 1. The van der Waals surface area contributed by atoms with Crippen molar-refractivity contribution in [3.63, 3.8) is 0 Å². The van der Waals surface area contributed by atoms with E-state index < -0.39 is 0 Å². The SMILES string of the molecule is CC(C)CC1CCCCN1C(=O)c1c(-c2nn[nH]n2)cnn1C. The molecule has 0 saturated carbocycles. The van der Waals surface area contributed by atoms with Gasteiger partial charge in [-0.3, -0.25) is 9.48 Å². The molecule has 0 spiro atoms. The molecule has 1 atom stereocenters. The minimum Gasteiger partial charge on any atom is -0.334 e. The Morgan fingerprint density at radius 2 is 2.26 bits per heavy atom. The van der Waals surface area contributed by atoms with Gasteiger partial charge >= 0.3 is 0 Å². The van der Waals surface area contributed by atoms with Crippen LogP contribution in [0.3, 0.4) is 0 Å². The second-order valence-electron chi connectivity index (χ2n) is 6.54. The van der Waals surface area contributed by atoms with Crippen LogP contribution >= 0.6 is 0 Å². The molecule has 2 aromatic heterocycles. The number of carbonyl (C=O) groups excluding carboxylic acids is 1. The molecule has 1 amide bonds. The van der Waals surface area contributed by atoms with Crippen LogP contribution in [-0.2, 0) is 7.05 Å². The van der Waals surface area contributed by atoms with Crippen LogP contribution in [0.15, 0.2) is 6.20 Å². The Hall–Kier alpha value is -2.25. The Bertz CT molecular complexity index is 661. The number of hydrogen-bond donors (Lipinski definition) is 1. The highest BCUT2D eigenvalue weighted by Crippen LogP contribution is 2.27. The van der Waals surface area contributed by atoms with Gasteiger partial charge < -0.3 is 4.90 Å². The molecule has 8 heteroatoms. The number of aromatic nitrogens is 6. The Labute approximate surface area is 135 Å². The van der Waals surface area contributed by atoms with Crippen LogP contribution in [0.25, 0.3) is 11.4 Å². The molecule has 3 heterocycles. The van der Waals surface area contributed by atoms with Gasteiger partial charge in [0.15, 0.2) is 0 Å². The number of likely N-dealkylation sites (tertiary alicyclic amines) is 1. The average Bonchev–Trinajstić information content (AvgIpc) is 3.15. The zero-order valence-corrected chi connectivity index (χ0v) is 13.9. The summed E-state index contributed by atoms with van der Waals surface area (Å²) in [6, 6.07) is 0.296. The number of H-pyrrole nitrogens is 1. The highest BCUT2D eigenvalue weighted by Gasteiger charge is 2.32. The number of nitrogens with zero attached hydrogens (tertiary/aromatic N) is 6. The monoisotopic (exact) mass is 317 g/mol. The lowest BCUT2D eigenvalue weighted by molar-refractivity contribution is 0.0574. The van der Waals surface area contributed by atoms with Crippen molar-refractivity contribution in [3.8, 4) is 11.4 Å². The van der Waals surface area contributed by atoms with Gasteiger partial charge in [0.05, 0.1) is 11.8 Å². The van der Waals surface area contributed by atoms with E-state index in [4.69, 9.17) is 0 Å². The summed E-state index contributed by atoms with van der Waals surface area (Å²) in [6.45, 7) is 5.20. The van der Waals surface area contributed by atoms with E-state index in [1.54, 1.807) is 17.9 Å². The quantitative estimate of drug-likeness (QED) is 0.925. The van der Waals surface area contributed by atoms with E-state index in [1.807, 2.05) is 4.90 Å². The molecule has 2 aromatic rings. The second kappa shape index (κ2) is 6.47. The smallest absolute Gasteiger partial charge is 0.273 e. The molecule has 1 fully saturated rings. The van der Waals surface area contributed by atoms with E-state index in [0.29, 0.717) is 29.0 Å². The minimum atomic E-state index is 0.00940. The first-order valence-electron chi connectivity index (χ1n) is 8.14. The van der Waals surface area contributed by atoms with Gasteiger partial charge in [0.25, 0.3) is 5.91 Å². The number of nitrogens with one attached hydrogen (secondary N) is 1. The molecule has 1 aliphatic rings. The molecule has 0 aromatic carbocycles. The van der Waals surface area contributed by atoms with Gasteiger partial charge in [-0.25, -0.2) is 0 Å². The van der Waals surface area contributed by atoms with Gasteiger partial charge in [-0.05, 0) is 36.8 Å². The van der Waals surface area contributed by atoms with Gasteiger partial charge in [-0.2, -0.15) is 10.3 Å². The molecule has 0 radical (unpaired) electrons. The molecule has 0 bridgehead atoms. The van der Waals surface area contributed by atoms with E-state index in [9.17, 15) is 4.79 Å². The van der Waals surface area contributed by atoms with E-state index in [2.05, 4.69) is 39.6 Å². The summed E-state index contributed by atoms with van der Waals surface area (Å²) in [5, 5.41) is 18.2. The van der Waals surface area contributed by atoms with Gasteiger partial charge in [-0.15, -0.1) is 10.2 Å². The molecule has 1 N–H and O–H groups in total. The number of tetrazole rings is 1. The zero-order valence-electron chi connectivity index (χ0n) is 13.9. The van der Waals surface area contributed by atoms with Gasteiger partial charge in [0.1, 0.15) is 5.69 Å². The lowest BCUT2D eigenvalue weighted by atomic mass is 9.93. The number of rotatable bonds is 4. The van der Waals surface area contributed by atoms with Crippen molar-refractivity contribution in [2.24, 2.45) is 13.0 Å². The molecule has 124 valence electrons. The molecular weight excluding hydrogens is 294 g/mol. The lowest BCUT2D eigenvalue weighted by Gasteiger charge is -2.36. The first kappa shape index (κ1) is 15.6. The van der Waals surface area contributed by atoms with Crippen molar-refractivity contribution in [3.05, 3.63) is 11.9 Å². The Morgan fingerprint density at radius 3 is 2.96 bits per heavy atom. The summed E-state index contributed by atoms with van der Waals surface area (Å²) in [5.41, 5.74) is 1.15. The maximum Gasteiger partial charge on any atom is 0.273 e. The van der Waals surface area contributed by atoms with Crippen molar-refractivity contribution in [2.75, 3.05) is 6.54 Å². The fraction of sp³-hybridized carbons (Fsp3) is 0.667. The molecule has 1 saturated heterocycles. The Balaban J connectivity index is 1.91. The fourth-order valence-corrected chi connectivity index (χ4v) is 3.32. The summed E-state index contributed by atoms with van der Waals surface area (Å²) in [4.78, 5) is 15.2. The summed E-state index contributed by atoms with van der Waals surface area (Å²) >= 11 is 0. The molecule has 1 aliphatic heterocycles. The van der Waals surface area contributed by atoms with Gasteiger partial charge in [0, 0.05) is 19.6 Å². The van der Waals surface area contributed by atoms with E-state index in [0.717, 1.165) is 25.8 Å². The highest BCUT2D eigenvalue weighted by atomic mass is 16.2. The number of aromatic amines is 1. The highest BCUT2D eigenvalue weighted by molar-refractivity contribution is 5.98. The maximum absolute atomic E-state index is 13.2. The first-order chi connectivity index (χ1) is 11.1. The van der Waals surface area contributed by atoms with Crippen LogP contribution in [0, 0.1) is 5.92 Å². The standard InChI is InChI=1S/C15H23N7O/c1-10(2)8-11-6-4-5-7-22(11)15(23)13-12(9-16-21(13)3)14-17-19-20-18-14/h9-11H,4-8H2,1-3H3,(H,17,18,19,20). The van der Waals surface area contributed by atoms with Crippen LogP contribution in [-0.4, -0.2) is 53.8 Å². The van der Waals surface area contributed by atoms with Crippen LogP contribution < -0.4 is 0 Å². The summed E-state index contributed by atoms with van der Waals surface area (Å²) < 4.78 is 1.61.